The van der Waals surface area contributed by atoms with Gasteiger partial charge in [0.05, 0.1) is 16.8 Å². The van der Waals surface area contributed by atoms with Gasteiger partial charge in [-0.05, 0) is 41.0 Å². The summed E-state index contributed by atoms with van der Waals surface area (Å²) in [6.45, 7) is 2.19. The second-order valence-corrected chi connectivity index (χ2v) is 5.06. The van der Waals surface area contributed by atoms with Crippen molar-refractivity contribution in [3.05, 3.63) is 23.2 Å². The van der Waals surface area contributed by atoms with Crippen LogP contribution in [0, 0.1) is 5.92 Å². The molecular weight excluding hydrogens is 250 g/mol. The van der Waals surface area contributed by atoms with E-state index in [1.54, 1.807) is 6.07 Å². The third-order valence-corrected chi connectivity index (χ3v) is 3.81. The molecule has 2 unspecified atom stereocenters. The van der Waals surface area contributed by atoms with Crippen LogP contribution in [0.5, 0.6) is 0 Å². The lowest BCUT2D eigenvalue weighted by molar-refractivity contribution is 0.563. The SMILES string of the molecule is CCC1CC1n1nnnc1-c1ccc(Cl)c(N)c1. The van der Waals surface area contributed by atoms with Crippen molar-refractivity contribution >= 4 is 17.3 Å². The highest BCUT2D eigenvalue weighted by molar-refractivity contribution is 6.33. The Hall–Kier alpha value is -1.62. The molecule has 2 aromatic rings. The van der Waals surface area contributed by atoms with Gasteiger partial charge in [-0.3, -0.25) is 0 Å². The zero-order valence-corrected chi connectivity index (χ0v) is 10.8. The predicted octanol–water partition coefficient (Wildman–Crippen LogP) is 2.55. The van der Waals surface area contributed by atoms with Crippen LogP contribution in [-0.4, -0.2) is 20.2 Å². The van der Waals surface area contributed by atoms with Crippen LogP contribution in [0.2, 0.25) is 5.02 Å². The Labute approximate surface area is 110 Å². The molecule has 1 heterocycles. The van der Waals surface area contributed by atoms with E-state index in [9.17, 15) is 0 Å². The standard InChI is InChI=1S/C12H14ClN5/c1-2-7-6-11(7)18-12(15-16-17-18)8-3-4-9(13)10(14)5-8/h3-5,7,11H,2,6,14H2,1H3. The molecule has 1 saturated carbocycles. The molecular formula is C12H14ClN5. The molecule has 6 heteroatoms. The second-order valence-electron chi connectivity index (χ2n) is 4.65. The molecule has 94 valence electrons. The Bertz CT molecular complexity index is 580. The summed E-state index contributed by atoms with van der Waals surface area (Å²) in [7, 11) is 0. The molecule has 1 aromatic carbocycles. The molecule has 0 bridgehead atoms. The van der Waals surface area contributed by atoms with Gasteiger partial charge in [0.2, 0.25) is 0 Å². The van der Waals surface area contributed by atoms with Crippen molar-refractivity contribution in [2.24, 2.45) is 5.92 Å². The highest BCUT2D eigenvalue weighted by Gasteiger charge is 2.39. The zero-order valence-electron chi connectivity index (χ0n) is 10.0. The summed E-state index contributed by atoms with van der Waals surface area (Å²) in [5.74, 6) is 1.45. The van der Waals surface area contributed by atoms with Gasteiger partial charge in [-0.15, -0.1) is 5.10 Å². The highest BCUT2D eigenvalue weighted by Crippen LogP contribution is 2.46. The number of nitrogen functional groups attached to an aromatic ring is 1. The zero-order chi connectivity index (χ0) is 12.7. The van der Waals surface area contributed by atoms with Gasteiger partial charge in [0.15, 0.2) is 5.82 Å². The van der Waals surface area contributed by atoms with Gasteiger partial charge in [-0.2, -0.15) is 0 Å². The average Bonchev–Trinajstić information content (AvgIpc) is 3.00. The number of benzene rings is 1. The van der Waals surface area contributed by atoms with Gasteiger partial charge in [-0.25, -0.2) is 4.68 Å². The van der Waals surface area contributed by atoms with Gasteiger partial charge in [-0.1, -0.05) is 24.9 Å². The summed E-state index contributed by atoms with van der Waals surface area (Å²) in [5, 5.41) is 12.5. The molecule has 3 rings (SSSR count). The lowest BCUT2D eigenvalue weighted by Gasteiger charge is -2.05. The molecule has 1 fully saturated rings. The summed E-state index contributed by atoms with van der Waals surface area (Å²) >= 11 is 5.92. The van der Waals surface area contributed by atoms with Gasteiger partial charge in [0.25, 0.3) is 0 Å². The molecule has 0 amide bonds. The van der Waals surface area contributed by atoms with Gasteiger partial charge in [0, 0.05) is 5.56 Å². The van der Waals surface area contributed by atoms with E-state index in [2.05, 4.69) is 22.4 Å². The minimum Gasteiger partial charge on any atom is -0.398 e. The number of nitrogens with two attached hydrogens (primary N) is 1. The number of anilines is 1. The van der Waals surface area contributed by atoms with Gasteiger partial charge < -0.3 is 5.73 Å². The molecule has 0 spiro atoms. The first-order valence-corrected chi connectivity index (χ1v) is 6.41. The fraction of sp³-hybridized carbons (Fsp3) is 0.417. The van der Waals surface area contributed by atoms with Crippen molar-refractivity contribution in [1.29, 1.82) is 0 Å². The minimum absolute atomic E-state index is 0.428. The van der Waals surface area contributed by atoms with E-state index in [4.69, 9.17) is 17.3 Å². The third-order valence-electron chi connectivity index (χ3n) is 3.47. The summed E-state index contributed by atoms with van der Waals surface area (Å²) in [6, 6.07) is 5.91. The van der Waals surface area contributed by atoms with Crippen LogP contribution in [0.25, 0.3) is 11.4 Å². The molecule has 18 heavy (non-hydrogen) atoms. The highest BCUT2D eigenvalue weighted by atomic mass is 35.5. The second kappa shape index (κ2) is 4.24. The van der Waals surface area contributed by atoms with Crippen molar-refractivity contribution in [2.75, 3.05) is 5.73 Å². The van der Waals surface area contributed by atoms with Crippen molar-refractivity contribution in [3.8, 4) is 11.4 Å². The summed E-state index contributed by atoms with van der Waals surface area (Å²) < 4.78 is 1.90. The first kappa shape index (κ1) is 11.5. The van der Waals surface area contributed by atoms with Crippen LogP contribution < -0.4 is 5.73 Å². The molecule has 0 saturated heterocycles. The number of tetrazole rings is 1. The van der Waals surface area contributed by atoms with Crippen LogP contribution in [0.3, 0.4) is 0 Å². The number of rotatable bonds is 3. The normalized spacial score (nSPS) is 22.1. The Morgan fingerprint density at radius 3 is 3.00 bits per heavy atom. The molecule has 2 atom stereocenters. The first-order chi connectivity index (χ1) is 8.70. The molecule has 1 aromatic heterocycles. The van der Waals surface area contributed by atoms with Crippen LogP contribution >= 0.6 is 11.6 Å². The number of halogens is 1. The molecule has 1 aliphatic carbocycles. The fourth-order valence-corrected chi connectivity index (χ4v) is 2.38. The van der Waals surface area contributed by atoms with Gasteiger partial charge in [0.1, 0.15) is 0 Å². The number of hydrogen-bond donors (Lipinski definition) is 1. The molecule has 0 radical (unpaired) electrons. The molecule has 2 N–H and O–H groups in total. The Morgan fingerprint density at radius 1 is 1.50 bits per heavy atom. The number of hydrogen-bond acceptors (Lipinski definition) is 4. The Morgan fingerprint density at radius 2 is 2.33 bits per heavy atom. The van der Waals surface area contributed by atoms with E-state index < -0.39 is 0 Å². The number of nitrogens with zero attached hydrogens (tertiary/aromatic N) is 4. The van der Waals surface area contributed by atoms with E-state index in [1.807, 2.05) is 16.8 Å². The van der Waals surface area contributed by atoms with Crippen LogP contribution in [-0.2, 0) is 0 Å². The van der Waals surface area contributed by atoms with Crippen molar-refractivity contribution < 1.29 is 0 Å². The van der Waals surface area contributed by atoms with Crippen molar-refractivity contribution in [1.82, 2.24) is 20.2 Å². The lowest BCUT2D eigenvalue weighted by atomic mass is 10.2. The first-order valence-electron chi connectivity index (χ1n) is 6.04. The maximum atomic E-state index is 5.92. The maximum Gasteiger partial charge on any atom is 0.182 e. The summed E-state index contributed by atoms with van der Waals surface area (Å²) in [5.41, 5.74) is 7.27. The van der Waals surface area contributed by atoms with Crippen LogP contribution in [0.4, 0.5) is 5.69 Å². The van der Waals surface area contributed by atoms with Crippen LogP contribution in [0.15, 0.2) is 18.2 Å². The van der Waals surface area contributed by atoms with Crippen molar-refractivity contribution in [2.45, 2.75) is 25.8 Å². The largest absolute Gasteiger partial charge is 0.398 e. The maximum absolute atomic E-state index is 5.92. The Balaban J connectivity index is 1.97. The predicted molar refractivity (Wildman–Crippen MR) is 70.1 cm³/mol. The molecule has 5 nitrogen and oxygen atoms in total. The summed E-state index contributed by atoms with van der Waals surface area (Å²) in [4.78, 5) is 0. The summed E-state index contributed by atoms with van der Waals surface area (Å²) in [6.07, 6.45) is 2.31. The third kappa shape index (κ3) is 1.84. The van der Waals surface area contributed by atoms with Crippen molar-refractivity contribution in [3.63, 3.8) is 0 Å². The van der Waals surface area contributed by atoms with E-state index >= 15 is 0 Å². The monoisotopic (exact) mass is 263 g/mol. The van der Waals surface area contributed by atoms with E-state index in [1.165, 1.54) is 0 Å². The quantitative estimate of drug-likeness (QED) is 0.864. The molecule has 0 aliphatic heterocycles. The van der Waals surface area contributed by atoms with E-state index in [-0.39, 0.29) is 0 Å². The average molecular weight is 264 g/mol. The van der Waals surface area contributed by atoms with Gasteiger partial charge >= 0.3 is 0 Å². The smallest absolute Gasteiger partial charge is 0.182 e. The Kier molecular flexibility index (Phi) is 2.70. The number of aromatic nitrogens is 4. The topological polar surface area (TPSA) is 69.6 Å². The minimum atomic E-state index is 0.428. The lowest BCUT2D eigenvalue weighted by Crippen LogP contribution is -2.02. The van der Waals surface area contributed by atoms with Crippen LogP contribution in [0.1, 0.15) is 25.8 Å². The van der Waals surface area contributed by atoms with E-state index in [0.717, 1.165) is 24.2 Å². The molecule has 1 aliphatic rings. The van der Waals surface area contributed by atoms with E-state index in [0.29, 0.717) is 22.7 Å². The fourth-order valence-electron chi connectivity index (χ4n) is 2.26.